The Morgan fingerprint density at radius 3 is 2.85 bits per heavy atom. The fourth-order valence-corrected chi connectivity index (χ4v) is 2.87. The first kappa shape index (κ1) is 17.2. The molecule has 1 aromatic carbocycles. The molecule has 1 unspecified atom stereocenters. The van der Waals surface area contributed by atoms with Gasteiger partial charge in [0.05, 0.1) is 6.10 Å². The van der Waals surface area contributed by atoms with Gasteiger partial charge in [0.2, 0.25) is 11.6 Å². The second-order valence-electron chi connectivity index (χ2n) is 6.19. The number of para-hydroxylation sites is 1. The molecule has 0 radical (unpaired) electrons. The first-order valence-electron chi connectivity index (χ1n) is 8.85. The molecule has 3 heterocycles. The number of furan rings is 1. The van der Waals surface area contributed by atoms with Crippen molar-refractivity contribution in [3.8, 4) is 23.5 Å². The van der Waals surface area contributed by atoms with E-state index < -0.39 is 0 Å². The highest BCUT2D eigenvalue weighted by Crippen LogP contribution is 2.28. The average molecular weight is 365 g/mol. The van der Waals surface area contributed by atoms with E-state index in [1.807, 2.05) is 36.4 Å². The first-order chi connectivity index (χ1) is 13.3. The molecule has 1 aliphatic rings. The number of hydrogen-bond acceptors (Lipinski definition) is 7. The van der Waals surface area contributed by atoms with Crippen LogP contribution in [0.3, 0.4) is 0 Å². The van der Waals surface area contributed by atoms with E-state index in [1.54, 1.807) is 12.1 Å². The molecule has 7 heteroatoms. The van der Waals surface area contributed by atoms with Gasteiger partial charge in [0.25, 0.3) is 5.89 Å². The average Bonchev–Trinajstić information content (AvgIpc) is 3.45. The summed E-state index contributed by atoms with van der Waals surface area (Å²) in [5, 5.41) is 12.4. The number of anilines is 1. The lowest BCUT2D eigenvalue weighted by Crippen LogP contribution is -2.18. The number of hydrogen-bond donors (Lipinski definition) is 1. The largest absolute Gasteiger partial charge is 0.486 e. The molecule has 27 heavy (non-hydrogen) atoms. The number of nitriles is 1. The maximum Gasteiger partial charge on any atom is 0.266 e. The van der Waals surface area contributed by atoms with Crippen LogP contribution in [0.4, 0.5) is 5.88 Å². The van der Waals surface area contributed by atoms with E-state index in [-0.39, 0.29) is 17.7 Å². The zero-order valence-electron chi connectivity index (χ0n) is 14.7. The summed E-state index contributed by atoms with van der Waals surface area (Å²) in [5.41, 5.74) is 0.196. The number of benzene rings is 1. The van der Waals surface area contributed by atoms with Crippen LogP contribution in [0.2, 0.25) is 0 Å². The number of ether oxygens (including phenoxy) is 2. The van der Waals surface area contributed by atoms with Gasteiger partial charge in [0.1, 0.15) is 24.2 Å². The van der Waals surface area contributed by atoms with Crippen molar-refractivity contribution >= 4 is 5.88 Å². The Bertz CT molecular complexity index is 920. The number of rotatable bonds is 7. The molecule has 1 fully saturated rings. The van der Waals surface area contributed by atoms with Crippen LogP contribution < -0.4 is 10.1 Å². The third-order valence-electron chi connectivity index (χ3n) is 4.24. The standard InChI is InChI=1S/C20H19N3O4/c21-11-17-19(22-12-15-7-4-10-24-15)27-20(23-17)18-9-8-16(26-18)13-25-14-5-2-1-3-6-14/h1-3,5-6,8-9,15,22H,4,7,10,12-13H2. The molecule has 1 N–H and O–H groups in total. The van der Waals surface area contributed by atoms with Crippen LogP contribution in [-0.2, 0) is 11.3 Å². The van der Waals surface area contributed by atoms with Crippen molar-refractivity contribution in [2.24, 2.45) is 0 Å². The highest BCUT2D eigenvalue weighted by Gasteiger charge is 2.20. The van der Waals surface area contributed by atoms with E-state index in [1.165, 1.54) is 0 Å². The Morgan fingerprint density at radius 1 is 1.19 bits per heavy atom. The van der Waals surface area contributed by atoms with E-state index in [0.29, 0.717) is 30.6 Å². The van der Waals surface area contributed by atoms with Crippen LogP contribution in [0, 0.1) is 11.3 Å². The van der Waals surface area contributed by atoms with Gasteiger partial charge < -0.3 is 23.6 Å². The van der Waals surface area contributed by atoms with E-state index in [4.69, 9.17) is 18.3 Å². The Kier molecular flexibility index (Phi) is 5.08. The minimum absolute atomic E-state index is 0.135. The molecular formula is C20H19N3O4. The number of nitrogens with one attached hydrogen (secondary N) is 1. The van der Waals surface area contributed by atoms with Gasteiger partial charge in [-0.15, -0.1) is 0 Å². The van der Waals surface area contributed by atoms with E-state index >= 15 is 0 Å². The number of nitrogens with zero attached hydrogens (tertiary/aromatic N) is 2. The van der Waals surface area contributed by atoms with Crippen LogP contribution in [0.1, 0.15) is 24.3 Å². The van der Waals surface area contributed by atoms with Gasteiger partial charge in [0, 0.05) is 13.2 Å². The molecule has 1 atom stereocenters. The molecule has 7 nitrogen and oxygen atoms in total. The molecule has 2 aromatic heterocycles. The van der Waals surface area contributed by atoms with Crippen molar-refractivity contribution in [3.63, 3.8) is 0 Å². The van der Waals surface area contributed by atoms with Gasteiger partial charge in [-0.3, -0.25) is 0 Å². The zero-order chi connectivity index (χ0) is 18.5. The fraction of sp³-hybridized carbons (Fsp3) is 0.300. The van der Waals surface area contributed by atoms with Crippen LogP contribution in [0.5, 0.6) is 5.75 Å². The highest BCUT2D eigenvalue weighted by atomic mass is 16.5. The Balaban J connectivity index is 1.42. The first-order valence-corrected chi connectivity index (χ1v) is 8.85. The van der Waals surface area contributed by atoms with Crippen molar-refractivity contribution in [2.75, 3.05) is 18.5 Å². The Hall–Kier alpha value is -3.24. The van der Waals surface area contributed by atoms with Crippen molar-refractivity contribution in [3.05, 3.63) is 53.9 Å². The monoisotopic (exact) mass is 365 g/mol. The highest BCUT2D eigenvalue weighted by molar-refractivity contribution is 5.54. The predicted molar refractivity (Wildman–Crippen MR) is 97.2 cm³/mol. The Morgan fingerprint density at radius 2 is 2.07 bits per heavy atom. The van der Waals surface area contributed by atoms with Crippen LogP contribution in [-0.4, -0.2) is 24.2 Å². The quantitative estimate of drug-likeness (QED) is 0.677. The minimum Gasteiger partial charge on any atom is -0.486 e. The molecule has 0 saturated carbocycles. The van der Waals surface area contributed by atoms with Gasteiger partial charge >= 0.3 is 0 Å². The van der Waals surface area contributed by atoms with Gasteiger partial charge in [-0.05, 0) is 37.1 Å². The summed E-state index contributed by atoms with van der Waals surface area (Å²) in [4.78, 5) is 4.21. The minimum atomic E-state index is 0.135. The molecule has 4 rings (SSSR count). The Labute approximate surface area is 156 Å². The second kappa shape index (κ2) is 7.98. The summed E-state index contributed by atoms with van der Waals surface area (Å²) in [6.07, 6.45) is 2.19. The lowest BCUT2D eigenvalue weighted by Gasteiger charge is -2.09. The summed E-state index contributed by atoms with van der Waals surface area (Å²) < 4.78 is 22.7. The van der Waals surface area contributed by atoms with Gasteiger partial charge in [-0.2, -0.15) is 10.2 Å². The van der Waals surface area contributed by atoms with Gasteiger partial charge in [-0.25, -0.2) is 0 Å². The van der Waals surface area contributed by atoms with E-state index in [9.17, 15) is 5.26 Å². The van der Waals surface area contributed by atoms with Crippen molar-refractivity contribution in [1.82, 2.24) is 4.98 Å². The van der Waals surface area contributed by atoms with Gasteiger partial charge in [-0.1, -0.05) is 18.2 Å². The molecule has 0 amide bonds. The lowest BCUT2D eigenvalue weighted by molar-refractivity contribution is 0.120. The van der Waals surface area contributed by atoms with Crippen molar-refractivity contribution in [1.29, 1.82) is 5.26 Å². The zero-order valence-corrected chi connectivity index (χ0v) is 14.7. The van der Waals surface area contributed by atoms with Crippen molar-refractivity contribution < 1.29 is 18.3 Å². The third-order valence-corrected chi connectivity index (χ3v) is 4.24. The normalized spacial score (nSPS) is 16.2. The molecule has 0 spiro atoms. The SMILES string of the molecule is N#Cc1nc(-c2ccc(COc3ccccc3)o2)oc1NCC1CCCO1. The molecular weight excluding hydrogens is 346 g/mol. The smallest absolute Gasteiger partial charge is 0.266 e. The lowest BCUT2D eigenvalue weighted by atomic mass is 10.2. The molecule has 138 valence electrons. The summed E-state index contributed by atoms with van der Waals surface area (Å²) >= 11 is 0. The summed E-state index contributed by atoms with van der Waals surface area (Å²) in [6, 6.07) is 15.1. The maximum atomic E-state index is 9.29. The number of aromatic nitrogens is 1. The van der Waals surface area contributed by atoms with E-state index in [0.717, 1.165) is 25.2 Å². The molecule has 1 saturated heterocycles. The van der Waals surface area contributed by atoms with Crippen LogP contribution >= 0.6 is 0 Å². The molecule has 3 aromatic rings. The van der Waals surface area contributed by atoms with Crippen LogP contribution in [0.25, 0.3) is 11.7 Å². The maximum absolute atomic E-state index is 9.29. The molecule has 1 aliphatic heterocycles. The second-order valence-corrected chi connectivity index (χ2v) is 6.19. The van der Waals surface area contributed by atoms with Gasteiger partial charge in [0.15, 0.2) is 5.76 Å². The molecule has 0 bridgehead atoms. The fourth-order valence-electron chi connectivity index (χ4n) is 2.87. The molecule has 0 aliphatic carbocycles. The predicted octanol–water partition coefficient (Wildman–Crippen LogP) is 3.98. The summed E-state index contributed by atoms with van der Waals surface area (Å²) in [7, 11) is 0. The van der Waals surface area contributed by atoms with Crippen LogP contribution in [0.15, 0.2) is 51.3 Å². The number of oxazole rings is 1. The summed E-state index contributed by atoms with van der Waals surface area (Å²) in [6.45, 7) is 1.65. The van der Waals surface area contributed by atoms with Crippen molar-refractivity contribution in [2.45, 2.75) is 25.6 Å². The topological polar surface area (TPSA) is 93.5 Å². The summed E-state index contributed by atoms with van der Waals surface area (Å²) in [5.74, 6) is 2.44. The van der Waals surface area contributed by atoms with E-state index in [2.05, 4.69) is 10.3 Å². The third kappa shape index (κ3) is 4.13.